The molecule has 2 aromatic carbocycles. The fourth-order valence-corrected chi connectivity index (χ4v) is 5.32. The van der Waals surface area contributed by atoms with Crippen molar-refractivity contribution in [2.75, 3.05) is 23.4 Å². The Kier molecular flexibility index (Phi) is 7.01. The van der Waals surface area contributed by atoms with E-state index in [4.69, 9.17) is 6.42 Å². The molecule has 182 valence electrons. The number of carbonyl (C=O) groups is 2. The molecule has 1 unspecified atom stereocenters. The van der Waals surface area contributed by atoms with Crippen LogP contribution in [0.4, 0.5) is 11.4 Å². The molecule has 1 aliphatic carbocycles. The van der Waals surface area contributed by atoms with Crippen LogP contribution in [-0.4, -0.2) is 56.9 Å². The summed E-state index contributed by atoms with van der Waals surface area (Å²) in [7, 11) is -4.31. The van der Waals surface area contributed by atoms with Gasteiger partial charge < -0.3 is 19.8 Å². The van der Waals surface area contributed by atoms with Crippen LogP contribution in [-0.2, 0) is 26.0 Å². The van der Waals surface area contributed by atoms with Crippen LogP contribution in [0.25, 0.3) is 0 Å². The van der Waals surface area contributed by atoms with Crippen molar-refractivity contribution < 1.29 is 28.1 Å². The van der Waals surface area contributed by atoms with Gasteiger partial charge in [0, 0.05) is 18.3 Å². The molecule has 1 atom stereocenters. The highest BCUT2D eigenvalue weighted by molar-refractivity contribution is 7.89. The van der Waals surface area contributed by atoms with Gasteiger partial charge in [0.25, 0.3) is 0 Å². The number of hydrogen-bond donors (Lipinski definition) is 3. The van der Waals surface area contributed by atoms with Crippen molar-refractivity contribution in [3.05, 3.63) is 53.6 Å². The molecule has 3 N–H and O–H groups in total. The molecule has 1 fully saturated rings. The second kappa shape index (κ2) is 9.83. The van der Waals surface area contributed by atoms with E-state index in [-0.39, 0.29) is 23.1 Å². The number of carbonyl (C=O) groups excluding carboxylic acids is 2. The predicted octanol–water partition coefficient (Wildman–Crippen LogP) is 0.679. The van der Waals surface area contributed by atoms with Crippen LogP contribution in [0.1, 0.15) is 30.4 Å². The number of fused-ring (bicyclic) bond motifs is 1. The third kappa shape index (κ3) is 5.26. The van der Waals surface area contributed by atoms with Gasteiger partial charge in [0.05, 0.1) is 29.5 Å². The van der Waals surface area contributed by atoms with Crippen LogP contribution in [0.5, 0.6) is 0 Å². The third-order valence-corrected chi connectivity index (χ3v) is 7.79. The molecule has 0 aromatic heterocycles. The summed E-state index contributed by atoms with van der Waals surface area (Å²) in [6.07, 6.45) is 7.90. The molecule has 9 nitrogen and oxygen atoms in total. The maximum Gasteiger partial charge on any atom is 0.476 e. The third-order valence-electron chi connectivity index (χ3n) is 6.39. The van der Waals surface area contributed by atoms with E-state index in [0.29, 0.717) is 28.9 Å². The molecule has 35 heavy (non-hydrogen) atoms. The maximum atomic E-state index is 13.4. The van der Waals surface area contributed by atoms with E-state index in [9.17, 15) is 28.1 Å². The van der Waals surface area contributed by atoms with Crippen LogP contribution in [0, 0.1) is 18.3 Å². The fourth-order valence-electron chi connectivity index (χ4n) is 4.30. The Morgan fingerprint density at radius 3 is 2.66 bits per heavy atom. The SMILES string of the molecule is C#Cc1ccccc1N(C(=O)CNS(=O)(=O)c1ccc2c(c1)CC(=O)N2C)C(CC1CC1)B(O)O. The number of para-hydroxylation sites is 1. The van der Waals surface area contributed by atoms with Crippen LogP contribution < -0.4 is 14.5 Å². The van der Waals surface area contributed by atoms with E-state index in [2.05, 4.69) is 10.6 Å². The molecular weight excluding hydrogens is 469 g/mol. The van der Waals surface area contributed by atoms with Gasteiger partial charge in [0.2, 0.25) is 21.8 Å². The van der Waals surface area contributed by atoms with Gasteiger partial charge in [-0.2, -0.15) is 0 Å². The van der Waals surface area contributed by atoms with Crippen LogP contribution in [0.3, 0.4) is 0 Å². The van der Waals surface area contributed by atoms with Gasteiger partial charge in [-0.15, -0.1) is 6.42 Å². The molecule has 0 radical (unpaired) electrons. The Balaban J connectivity index is 1.59. The first-order valence-corrected chi connectivity index (χ1v) is 12.7. The first-order chi connectivity index (χ1) is 16.6. The average molecular weight is 495 g/mol. The zero-order valence-corrected chi connectivity index (χ0v) is 20.0. The van der Waals surface area contributed by atoms with Gasteiger partial charge in [-0.1, -0.05) is 30.9 Å². The summed E-state index contributed by atoms with van der Waals surface area (Å²) in [5.41, 5.74) is 1.90. The van der Waals surface area contributed by atoms with Crippen LogP contribution in [0.15, 0.2) is 47.4 Å². The number of anilines is 2. The van der Waals surface area contributed by atoms with E-state index in [0.717, 1.165) is 12.8 Å². The summed E-state index contributed by atoms with van der Waals surface area (Å²) in [6.45, 7) is -0.620. The molecule has 2 amide bonds. The minimum absolute atomic E-state index is 0.0700. The maximum absolute atomic E-state index is 13.4. The van der Waals surface area contributed by atoms with Gasteiger partial charge in [-0.25, -0.2) is 13.1 Å². The molecule has 4 rings (SSSR count). The number of nitrogens with one attached hydrogen (secondary N) is 1. The van der Waals surface area contributed by atoms with Crippen LogP contribution >= 0.6 is 0 Å². The Morgan fingerprint density at radius 1 is 1.29 bits per heavy atom. The number of nitrogens with zero attached hydrogens (tertiary/aromatic N) is 2. The van der Waals surface area contributed by atoms with E-state index >= 15 is 0 Å². The molecule has 2 aromatic rings. The number of benzene rings is 2. The minimum atomic E-state index is -4.09. The minimum Gasteiger partial charge on any atom is -0.426 e. The Bertz CT molecular complexity index is 1300. The molecule has 11 heteroatoms. The van der Waals surface area contributed by atoms with Crippen molar-refractivity contribution in [2.24, 2.45) is 5.92 Å². The summed E-state index contributed by atoms with van der Waals surface area (Å²) in [5, 5.41) is 20.2. The summed E-state index contributed by atoms with van der Waals surface area (Å²) in [4.78, 5) is 27.9. The molecular formula is C24H26BN3O6S. The van der Waals surface area contributed by atoms with E-state index in [1.165, 1.54) is 21.9 Å². The summed E-state index contributed by atoms with van der Waals surface area (Å²) < 4.78 is 28.2. The highest BCUT2D eigenvalue weighted by Crippen LogP contribution is 2.36. The number of sulfonamides is 1. The lowest BCUT2D eigenvalue weighted by Crippen LogP contribution is -2.53. The van der Waals surface area contributed by atoms with Crippen molar-refractivity contribution in [1.82, 2.24) is 4.72 Å². The van der Waals surface area contributed by atoms with Crippen molar-refractivity contribution in [1.29, 1.82) is 0 Å². The Labute approximate surface area is 204 Å². The van der Waals surface area contributed by atoms with Crippen molar-refractivity contribution >= 4 is 40.3 Å². The summed E-state index contributed by atoms with van der Waals surface area (Å²) >= 11 is 0. The monoisotopic (exact) mass is 495 g/mol. The summed E-state index contributed by atoms with van der Waals surface area (Å²) in [5.74, 6) is 0.945. The van der Waals surface area contributed by atoms with Crippen molar-refractivity contribution in [2.45, 2.75) is 36.5 Å². The fraction of sp³-hybridized carbons (Fsp3) is 0.333. The number of amides is 2. The molecule has 0 spiro atoms. The quantitative estimate of drug-likeness (QED) is 0.347. The Morgan fingerprint density at radius 2 is 2.00 bits per heavy atom. The molecule has 2 aliphatic rings. The predicted molar refractivity (Wildman–Crippen MR) is 132 cm³/mol. The number of hydrogen-bond acceptors (Lipinski definition) is 6. The van der Waals surface area contributed by atoms with Crippen molar-refractivity contribution in [3.8, 4) is 12.3 Å². The lowest BCUT2D eigenvalue weighted by Gasteiger charge is -2.32. The molecule has 1 saturated carbocycles. The van der Waals surface area contributed by atoms with E-state index in [1.54, 1.807) is 37.4 Å². The van der Waals surface area contributed by atoms with Crippen molar-refractivity contribution in [3.63, 3.8) is 0 Å². The lowest BCUT2D eigenvalue weighted by atomic mass is 9.74. The first-order valence-electron chi connectivity index (χ1n) is 11.3. The van der Waals surface area contributed by atoms with Gasteiger partial charge >= 0.3 is 7.12 Å². The second-order valence-electron chi connectivity index (χ2n) is 8.83. The highest BCUT2D eigenvalue weighted by atomic mass is 32.2. The van der Waals surface area contributed by atoms with Gasteiger partial charge in [0.15, 0.2) is 0 Å². The zero-order chi connectivity index (χ0) is 25.3. The second-order valence-corrected chi connectivity index (χ2v) is 10.6. The molecule has 0 bridgehead atoms. The molecule has 1 heterocycles. The molecule has 0 saturated heterocycles. The van der Waals surface area contributed by atoms with Gasteiger partial charge in [-0.3, -0.25) is 9.59 Å². The number of likely N-dealkylation sites (N-methyl/N-ethyl adjacent to an activating group) is 1. The Hall–Kier alpha value is -3.17. The van der Waals surface area contributed by atoms with E-state index in [1.807, 2.05) is 0 Å². The largest absolute Gasteiger partial charge is 0.476 e. The summed E-state index contributed by atoms with van der Waals surface area (Å²) in [6, 6.07) is 10.9. The number of rotatable bonds is 9. The average Bonchev–Trinajstić information content (AvgIpc) is 3.61. The lowest BCUT2D eigenvalue weighted by molar-refractivity contribution is -0.118. The van der Waals surface area contributed by atoms with Gasteiger partial charge in [-0.05, 0) is 48.2 Å². The standard InChI is InChI=1S/C24H26BN3O6S/c1-3-17-6-4-5-7-21(17)28(22(25(31)32)12-16-8-9-16)24(30)15-26-35(33,34)19-10-11-20-18(13-19)14-23(29)27(20)2/h1,4-7,10-11,13,16,22,26,31-32H,8-9,12,14-15H2,2H3. The smallest absolute Gasteiger partial charge is 0.426 e. The molecule has 1 aliphatic heterocycles. The zero-order valence-electron chi connectivity index (χ0n) is 19.2. The van der Waals surface area contributed by atoms with E-state index < -0.39 is 35.5 Å². The van der Waals surface area contributed by atoms with Gasteiger partial charge in [0.1, 0.15) is 0 Å². The normalized spacial score (nSPS) is 15.9. The first kappa shape index (κ1) is 24.9. The topological polar surface area (TPSA) is 127 Å². The van der Waals surface area contributed by atoms with Crippen LogP contribution in [0.2, 0.25) is 0 Å². The highest BCUT2D eigenvalue weighted by Gasteiger charge is 2.39. The number of terminal acetylenes is 1.